The highest BCUT2D eigenvalue weighted by Crippen LogP contribution is 2.21. The van der Waals surface area contributed by atoms with E-state index in [1.807, 2.05) is 12.1 Å². The highest BCUT2D eigenvalue weighted by Gasteiger charge is 2.00. The van der Waals surface area contributed by atoms with Gasteiger partial charge in [-0.25, -0.2) is 0 Å². The number of rotatable bonds is 7. The Kier molecular flexibility index (Phi) is 6.81. The molecule has 0 bridgehead atoms. The molecular weight excluding hydrogens is 245 g/mol. The first-order valence-corrected chi connectivity index (χ1v) is 6.22. The predicted octanol–water partition coefficient (Wildman–Crippen LogP) is 3.51. The van der Waals surface area contributed by atoms with Crippen molar-refractivity contribution < 1.29 is 4.74 Å². The van der Waals surface area contributed by atoms with Crippen LogP contribution in [0.25, 0.3) is 0 Å². The summed E-state index contributed by atoms with van der Waals surface area (Å²) in [6.45, 7) is 5.27. The molecule has 1 aromatic rings. The summed E-state index contributed by atoms with van der Waals surface area (Å²) in [5, 5.41) is 4.58. The Morgan fingerprint density at radius 2 is 2.06 bits per heavy atom. The minimum atomic E-state index is 0.532. The smallest absolute Gasteiger partial charge is 0.0732 e. The van der Waals surface area contributed by atoms with E-state index in [-0.39, 0.29) is 0 Å². The van der Waals surface area contributed by atoms with Gasteiger partial charge in [-0.15, -0.1) is 0 Å². The summed E-state index contributed by atoms with van der Waals surface area (Å²) in [5.74, 6) is 0. The van der Waals surface area contributed by atoms with Crippen LogP contribution in [-0.4, -0.2) is 19.7 Å². The molecule has 0 aromatic heterocycles. The van der Waals surface area contributed by atoms with E-state index < -0.39 is 0 Å². The second-order valence-corrected chi connectivity index (χ2v) is 4.38. The maximum atomic E-state index is 6.01. The first-order valence-electron chi connectivity index (χ1n) is 5.46. The fourth-order valence-electron chi connectivity index (χ4n) is 1.27. The Labute approximate surface area is 107 Å². The molecular formula is C12H17Cl2NO. The Morgan fingerprint density at radius 1 is 1.25 bits per heavy atom. The zero-order valence-electron chi connectivity index (χ0n) is 9.43. The summed E-state index contributed by atoms with van der Waals surface area (Å²) >= 11 is 11.8. The van der Waals surface area contributed by atoms with E-state index >= 15 is 0 Å². The van der Waals surface area contributed by atoms with Gasteiger partial charge < -0.3 is 10.1 Å². The second kappa shape index (κ2) is 7.91. The van der Waals surface area contributed by atoms with Gasteiger partial charge in [-0.3, -0.25) is 0 Å². The van der Waals surface area contributed by atoms with Gasteiger partial charge in [0, 0.05) is 16.6 Å². The molecule has 0 spiro atoms. The third-order valence-electron chi connectivity index (χ3n) is 2.12. The van der Waals surface area contributed by atoms with Crippen LogP contribution in [0.3, 0.4) is 0 Å². The summed E-state index contributed by atoms with van der Waals surface area (Å²) in [6, 6.07) is 5.45. The van der Waals surface area contributed by atoms with Crippen LogP contribution in [0.4, 0.5) is 0 Å². The topological polar surface area (TPSA) is 21.3 Å². The normalized spacial score (nSPS) is 10.7. The Balaban J connectivity index is 2.21. The number of benzene rings is 1. The summed E-state index contributed by atoms with van der Waals surface area (Å²) in [6.07, 6.45) is 1.14. The number of halogens is 2. The molecule has 2 nitrogen and oxygen atoms in total. The van der Waals surface area contributed by atoms with Crippen LogP contribution in [0, 0.1) is 0 Å². The second-order valence-electron chi connectivity index (χ2n) is 3.54. The van der Waals surface area contributed by atoms with Crippen molar-refractivity contribution in [2.24, 2.45) is 0 Å². The minimum Gasteiger partial charge on any atom is -0.375 e. The van der Waals surface area contributed by atoms with E-state index in [0.717, 1.165) is 25.1 Å². The molecule has 0 amide bonds. The van der Waals surface area contributed by atoms with E-state index in [9.17, 15) is 0 Å². The zero-order chi connectivity index (χ0) is 11.8. The van der Waals surface area contributed by atoms with Crippen LogP contribution >= 0.6 is 23.2 Å². The third kappa shape index (κ3) is 5.17. The van der Waals surface area contributed by atoms with E-state index in [2.05, 4.69) is 12.2 Å². The minimum absolute atomic E-state index is 0.532. The molecule has 1 rings (SSSR count). The Bertz CT molecular complexity index is 318. The van der Waals surface area contributed by atoms with Crippen LogP contribution in [0.2, 0.25) is 10.0 Å². The molecule has 0 unspecified atom stereocenters. The predicted molar refractivity (Wildman–Crippen MR) is 69.3 cm³/mol. The fourth-order valence-corrected chi connectivity index (χ4v) is 1.73. The molecule has 1 aromatic carbocycles. The average Bonchev–Trinajstić information content (AvgIpc) is 2.26. The van der Waals surface area contributed by atoms with Gasteiger partial charge >= 0.3 is 0 Å². The lowest BCUT2D eigenvalue weighted by molar-refractivity contribution is 0.123. The van der Waals surface area contributed by atoms with Gasteiger partial charge in [0.25, 0.3) is 0 Å². The highest BCUT2D eigenvalue weighted by molar-refractivity contribution is 6.35. The Hall–Kier alpha value is -0.280. The monoisotopic (exact) mass is 261 g/mol. The third-order valence-corrected chi connectivity index (χ3v) is 2.71. The van der Waals surface area contributed by atoms with Gasteiger partial charge in [0.15, 0.2) is 0 Å². The molecule has 90 valence electrons. The molecule has 1 N–H and O–H groups in total. The van der Waals surface area contributed by atoms with Crippen molar-refractivity contribution in [3.63, 3.8) is 0 Å². The lowest BCUT2D eigenvalue weighted by Crippen LogP contribution is -2.20. The molecule has 0 saturated carbocycles. The maximum absolute atomic E-state index is 6.01. The van der Waals surface area contributed by atoms with Crippen LogP contribution in [0.5, 0.6) is 0 Å². The molecule has 0 atom stereocenters. The molecule has 0 saturated heterocycles. The summed E-state index contributed by atoms with van der Waals surface area (Å²) in [4.78, 5) is 0. The van der Waals surface area contributed by atoms with Gasteiger partial charge in [0.05, 0.1) is 13.2 Å². The molecule has 0 aliphatic rings. The fraction of sp³-hybridized carbons (Fsp3) is 0.500. The van der Waals surface area contributed by atoms with Gasteiger partial charge in [0.1, 0.15) is 0 Å². The first-order chi connectivity index (χ1) is 7.74. The van der Waals surface area contributed by atoms with E-state index in [4.69, 9.17) is 27.9 Å². The number of ether oxygens (including phenoxy) is 1. The van der Waals surface area contributed by atoms with Crippen molar-refractivity contribution >= 4 is 23.2 Å². The lowest BCUT2D eigenvalue weighted by Gasteiger charge is -2.07. The molecule has 0 fully saturated rings. The molecule has 16 heavy (non-hydrogen) atoms. The molecule has 4 heteroatoms. The van der Waals surface area contributed by atoms with Crippen LogP contribution in [0.1, 0.15) is 18.9 Å². The van der Waals surface area contributed by atoms with Crippen LogP contribution < -0.4 is 5.32 Å². The maximum Gasteiger partial charge on any atom is 0.0732 e. The Morgan fingerprint density at radius 3 is 2.75 bits per heavy atom. The van der Waals surface area contributed by atoms with Crippen molar-refractivity contribution in [3.05, 3.63) is 33.8 Å². The van der Waals surface area contributed by atoms with Crippen molar-refractivity contribution in [2.75, 3.05) is 19.7 Å². The van der Waals surface area contributed by atoms with Crippen LogP contribution in [0.15, 0.2) is 18.2 Å². The summed E-state index contributed by atoms with van der Waals surface area (Å²) in [5.41, 5.74) is 0.974. The number of hydrogen-bond acceptors (Lipinski definition) is 2. The SMILES string of the molecule is CCCNCCOCc1ccc(Cl)cc1Cl. The number of hydrogen-bond donors (Lipinski definition) is 1. The molecule has 0 radical (unpaired) electrons. The van der Waals surface area contributed by atoms with Crippen molar-refractivity contribution in [2.45, 2.75) is 20.0 Å². The van der Waals surface area contributed by atoms with Crippen LogP contribution in [-0.2, 0) is 11.3 Å². The molecule has 0 aliphatic heterocycles. The molecule has 0 heterocycles. The van der Waals surface area contributed by atoms with Crippen molar-refractivity contribution in [1.82, 2.24) is 5.32 Å². The van der Waals surface area contributed by atoms with Gasteiger partial charge in [-0.1, -0.05) is 36.2 Å². The largest absolute Gasteiger partial charge is 0.375 e. The standard InChI is InChI=1S/C12H17Cl2NO/c1-2-5-15-6-7-16-9-10-3-4-11(13)8-12(10)14/h3-4,8,15H,2,5-7,9H2,1H3. The van der Waals surface area contributed by atoms with Crippen molar-refractivity contribution in [1.29, 1.82) is 0 Å². The van der Waals surface area contributed by atoms with E-state index in [1.165, 1.54) is 0 Å². The lowest BCUT2D eigenvalue weighted by atomic mass is 10.2. The van der Waals surface area contributed by atoms with E-state index in [1.54, 1.807) is 6.07 Å². The van der Waals surface area contributed by atoms with Gasteiger partial charge in [0.2, 0.25) is 0 Å². The van der Waals surface area contributed by atoms with Gasteiger partial charge in [-0.2, -0.15) is 0 Å². The average molecular weight is 262 g/mol. The first kappa shape index (κ1) is 13.8. The van der Waals surface area contributed by atoms with E-state index in [0.29, 0.717) is 23.3 Å². The quantitative estimate of drug-likeness (QED) is 0.759. The summed E-state index contributed by atoms with van der Waals surface area (Å²) < 4.78 is 5.50. The van der Waals surface area contributed by atoms with Crippen molar-refractivity contribution in [3.8, 4) is 0 Å². The molecule has 0 aliphatic carbocycles. The highest BCUT2D eigenvalue weighted by atomic mass is 35.5. The zero-order valence-corrected chi connectivity index (χ0v) is 10.9. The number of nitrogens with one attached hydrogen (secondary N) is 1. The van der Waals surface area contributed by atoms with Gasteiger partial charge in [-0.05, 0) is 30.7 Å². The summed E-state index contributed by atoms with van der Waals surface area (Å²) in [7, 11) is 0.